The van der Waals surface area contributed by atoms with Crippen molar-refractivity contribution in [3.05, 3.63) is 29.8 Å². The SMILES string of the molecule is CS(=O)(=O)c1ccc(C(=O)NCCCCCC(=O)O)cc1. The van der Waals surface area contributed by atoms with Gasteiger partial charge in [0.25, 0.3) is 5.91 Å². The smallest absolute Gasteiger partial charge is 0.303 e. The van der Waals surface area contributed by atoms with Gasteiger partial charge >= 0.3 is 5.97 Å². The Hall–Kier alpha value is -1.89. The van der Waals surface area contributed by atoms with Gasteiger partial charge in [-0.05, 0) is 37.1 Å². The van der Waals surface area contributed by atoms with Gasteiger partial charge in [-0.15, -0.1) is 0 Å². The van der Waals surface area contributed by atoms with E-state index < -0.39 is 15.8 Å². The summed E-state index contributed by atoms with van der Waals surface area (Å²) in [4.78, 5) is 22.3. The van der Waals surface area contributed by atoms with E-state index in [9.17, 15) is 18.0 Å². The lowest BCUT2D eigenvalue weighted by Crippen LogP contribution is -2.24. The highest BCUT2D eigenvalue weighted by Crippen LogP contribution is 2.10. The van der Waals surface area contributed by atoms with Crippen molar-refractivity contribution in [1.82, 2.24) is 5.32 Å². The van der Waals surface area contributed by atoms with E-state index in [4.69, 9.17) is 5.11 Å². The number of carboxylic acid groups (broad SMARTS) is 1. The van der Waals surface area contributed by atoms with Crippen LogP contribution in [0.2, 0.25) is 0 Å². The van der Waals surface area contributed by atoms with Crippen LogP contribution < -0.4 is 5.32 Å². The Morgan fingerprint density at radius 3 is 2.24 bits per heavy atom. The molecule has 0 fully saturated rings. The van der Waals surface area contributed by atoms with E-state index in [-0.39, 0.29) is 17.2 Å². The van der Waals surface area contributed by atoms with E-state index in [2.05, 4.69) is 5.32 Å². The summed E-state index contributed by atoms with van der Waals surface area (Å²) >= 11 is 0. The number of nitrogens with one attached hydrogen (secondary N) is 1. The molecule has 0 saturated heterocycles. The van der Waals surface area contributed by atoms with Crippen LogP contribution in [-0.2, 0) is 14.6 Å². The highest BCUT2D eigenvalue weighted by atomic mass is 32.2. The molecule has 1 amide bonds. The van der Waals surface area contributed by atoms with Gasteiger partial charge in [-0.1, -0.05) is 6.42 Å². The minimum Gasteiger partial charge on any atom is -0.481 e. The Morgan fingerprint density at radius 2 is 1.71 bits per heavy atom. The Labute approximate surface area is 124 Å². The van der Waals surface area contributed by atoms with Crippen LogP contribution in [0.1, 0.15) is 36.0 Å². The number of hydrogen-bond acceptors (Lipinski definition) is 4. The van der Waals surface area contributed by atoms with E-state index in [1.807, 2.05) is 0 Å². The summed E-state index contributed by atoms with van der Waals surface area (Å²) in [5, 5.41) is 11.2. The number of aliphatic carboxylic acids is 1. The molecule has 0 aliphatic heterocycles. The van der Waals surface area contributed by atoms with Crippen molar-refractivity contribution in [2.45, 2.75) is 30.6 Å². The zero-order valence-corrected chi connectivity index (χ0v) is 12.6. The van der Waals surface area contributed by atoms with Crippen molar-refractivity contribution < 1.29 is 23.1 Å². The second-order valence-corrected chi connectivity index (χ2v) is 6.77. The van der Waals surface area contributed by atoms with Crippen LogP contribution in [0.15, 0.2) is 29.2 Å². The molecule has 0 radical (unpaired) electrons. The first-order chi connectivity index (χ1) is 9.80. The molecule has 1 aromatic rings. The minimum atomic E-state index is -3.26. The first-order valence-electron chi connectivity index (χ1n) is 6.61. The number of amides is 1. The highest BCUT2D eigenvalue weighted by Gasteiger charge is 2.09. The van der Waals surface area contributed by atoms with Gasteiger partial charge in [-0.25, -0.2) is 8.42 Å². The third-order valence-electron chi connectivity index (χ3n) is 2.90. The summed E-state index contributed by atoms with van der Waals surface area (Å²) in [6.07, 6.45) is 3.29. The maximum Gasteiger partial charge on any atom is 0.303 e. The molecule has 2 N–H and O–H groups in total. The minimum absolute atomic E-state index is 0.140. The summed E-state index contributed by atoms with van der Waals surface area (Å²) in [7, 11) is -3.26. The van der Waals surface area contributed by atoms with Gasteiger partial charge < -0.3 is 10.4 Å². The van der Waals surface area contributed by atoms with Crippen molar-refractivity contribution in [1.29, 1.82) is 0 Å². The molecule has 0 aromatic heterocycles. The maximum absolute atomic E-state index is 11.8. The molecule has 21 heavy (non-hydrogen) atoms. The molecular formula is C14H19NO5S. The molecule has 7 heteroatoms. The van der Waals surface area contributed by atoms with Crippen LogP contribution in [0, 0.1) is 0 Å². The van der Waals surface area contributed by atoms with Gasteiger partial charge in [0.1, 0.15) is 0 Å². The van der Waals surface area contributed by atoms with Crippen LogP contribution in [0.3, 0.4) is 0 Å². The number of rotatable bonds is 8. The van der Waals surface area contributed by atoms with Crippen molar-refractivity contribution in [2.75, 3.05) is 12.8 Å². The summed E-state index contributed by atoms with van der Waals surface area (Å²) in [6, 6.07) is 5.74. The number of carboxylic acids is 1. The van der Waals surface area contributed by atoms with E-state index in [1.54, 1.807) is 0 Å². The number of carbonyl (C=O) groups excluding carboxylic acids is 1. The Morgan fingerprint density at radius 1 is 1.10 bits per heavy atom. The van der Waals surface area contributed by atoms with Gasteiger partial charge in [0.05, 0.1) is 4.90 Å². The van der Waals surface area contributed by atoms with E-state index in [0.29, 0.717) is 24.9 Å². The monoisotopic (exact) mass is 313 g/mol. The molecule has 0 heterocycles. The average Bonchev–Trinajstić information content (AvgIpc) is 2.41. The maximum atomic E-state index is 11.8. The second kappa shape index (κ2) is 7.78. The molecule has 116 valence electrons. The molecular weight excluding hydrogens is 294 g/mol. The highest BCUT2D eigenvalue weighted by molar-refractivity contribution is 7.90. The second-order valence-electron chi connectivity index (χ2n) is 4.76. The Kier molecular flexibility index (Phi) is 6.36. The van der Waals surface area contributed by atoms with Gasteiger partial charge in [-0.3, -0.25) is 9.59 Å². The van der Waals surface area contributed by atoms with Crippen LogP contribution >= 0.6 is 0 Å². The Bertz CT molecular complexity index is 592. The standard InChI is InChI=1S/C14H19NO5S/c1-21(19,20)12-8-6-11(7-9-12)14(18)15-10-4-2-3-5-13(16)17/h6-9H,2-5,10H2,1H3,(H,15,18)(H,16,17). The van der Waals surface area contributed by atoms with Gasteiger partial charge in [0.15, 0.2) is 9.84 Å². The molecule has 0 aliphatic carbocycles. The van der Waals surface area contributed by atoms with Crippen LogP contribution in [0.25, 0.3) is 0 Å². The number of unbranched alkanes of at least 4 members (excludes halogenated alkanes) is 2. The molecule has 0 atom stereocenters. The lowest BCUT2D eigenvalue weighted by molar-refractivity contribution is -0.137. The van der Waals surface area contributed by atoms with Crippen LogP contribution in [0.5, 0.6) is 0 Å². The predicted molar refractivity (Wildman–Crippen MR) is 78.0 cm³/mol. The van der Waals surface area contributed by atoms with Gasteiger partial charge in [0, 0.05) is 24.8 Å². The first-order valence-corrected chi connectivity index (χ1v) is 8.50. The van der Waals surface area contributed by atoms with E-state index in [0.717, 1.165) is 12.7 Å². The molecule has 0 saturated carbocycles. The van der Waals surface area contributed by atoms with Crippen molar-refractivity contribution in [3.63, 3.8) is 0 Å². The quantitative estimate of drug-likeness (QED) is 0.708. The van der Waals surface area contributed by atoms with E-state index >= 15 is 0 Å². The fourth-order valence-electron chi connectivity index (χ4n) is 1.74. The molecule has 0 aliphatic rings. The average molecular weight is 313 g/mol. The lowest BCUT2D eigenvalue weighted by atomic mass is 10.2. The molecule has 0 spiro atoms. The van der Waals surface area contributed by atoms with Crippen LogP contribution in [0.4, 0.5) is 0 Å². The van der Waals surface area contributed by atoms with Gasteiger partial charge in [0.2, 0.25) is 0 Å². The third-order valence-corrected chi connectivity index (χ3v) is 4.03. The number of benzene rings is 1. The van der Waals surface area contributed by atoms with Crippen LogP contribution in [-0.4, -0.2) is 38.2 Å². The normalized spacial score (nSPS) is 11.1. The molecule has 0 bridgehead atoms. The van der Waals surface area contributed by atoms with Crippen molar-refractivity contribution in [3.8, 4) is 0 Å². The summed E-state index contributed by atoms with van der Waals surface area (Å²) < 4.78 is 22.6. The molecule has 1 rings (SSSR count). The molecule has 0 unspecified atom stereocenters. The largest absolute Gasteiger partial charge is 0.481 e. The zero-order chi connectivity index (χ0) is 15.9. The van der Waals surface area contributed by atoms with Crippen molar-refractivity contribution in [2.24, 2.45) is 0 Å². The predicted octanol–water partition coefficient (Wildman–Crippen LogP) is 1.46. The fourth-order valence-corrected chi connectivity index (χ4v) is 2.37. The summed E-state index contributed by atoms with van der Waals surface area (Å²) in [5.41, 5.74) is 0.396. The molecule has 1 aromatic carbocycles. The number of hydrogen-bond donors (Lipinski definition) is 2. The first kappa shape index (κ1) is 17.2. The number of carbonyl (C=O) groups is 2. The topological polar surface area (TPSA) is 101 Å². The summed E-state index contributed by atoms with van der Waals surface area (Å²) in [5.74, 6) is -1.08. The third kappa shape index (κ3) is 6.40. The lowest BCUT2D eigenvalue weighted by Gasteiger charge is -2.05. The number of sulfone groups is 1. The van der Waals surface area contributed by atoms with Gasteiger partial charge in [-0.2, -0.15) is 0 Å². The Balaban J connectivity index is 2.37. The summed E-state index contributed by atoms with van der Waals surface area (Å²) in [6.45, 7) is 0.465. The molecule has 6 nitrogen and oxygen atoms in total. The fraction of sp³-hybridized carbons (Fsp3) is 0.429. The van der Waals surface area contributed by atoms with Crippen molar-refractivity contribution >= 4 is 21.7 Å². The zero-order valence-electron chi connectivity index (χ0n) is 11.8. The van der Waals surface area contributed by atoms with E-state index in [1.165, 1.54) is 24.3 Å².